The summed E-state index contributed by atoms with van der Waals surface area (Å²) in [6.07, 6.45) is 1.67. The predicted molar refractivity (Wildman–Crippen MR) is 106 cm³/mol. The van der Waals surface area contributed by atoms with Gasteiger partial charge in [0, 0.05) is 17.8 Å². The van der Waals surface area contributed by atoms with Crippen LogP contribution < -0.4 is 4.90 Å². The van der Waals surface area contributed by atoms with Crippen LogP contribution in [0.25, 0.3) is 10.6 Å². The molecular formula is C19H18ClFN4OS. The van der Waals surface area contributed by atoms with Crippen molar-refractivity contribution in [2.24, 2.45) is 0 Å². The molecule has 3 aromatic rings. The zero-order chi connectivity index (χ0) is 19.4. The Balaban J connectivity index is 1.95. The van der Waals surface area contributed by atoms with Gasteiger partial charge in [-0.3, -0.25) is 9.69 Å². The third-order valence-corrected chi connectivity index (χ3v) is 5.09. The van der Waals surface area contributed by atoms with Crippen LogP contribution in [-0.2, 0) is 0 Å². The first-order chi connectivity index (χ1) is 13.0. The Morgan fingerprint density at radius 1 is 1.26 bits per heavy atom. The molecule has 0 saturated heterocycles. The van der Waals surface area contributed by atoms with E-state index in [9.17, 15) is 9.18 Å². The van der Waals surface area contributed by atoms with Gasteiger partial charge >= 0.3 is 0 Å². The van der Waals surface area contributed by atoms with E-state index in [1.54, 1.807) is 18.2 Å². The van der Waals surface area contributed by atoms with Gasteiger partial charge in [-0.15, -0.1) is 10.2 Å². The normalized spacial score (nSPS) is 10.8. The van der Waals surface area contributed by atoms with Gasteiger partial charge in [-0.25, -0.2) is 9.37 Å². The van der Waals surface area contributed by atoms with E-state index in [0.717, 1.165) is 24.1 Å². The smallest absolute Gasteiger partial charge is 0.263 e. The number of unbranched alkanes of at least 4 members (excludes halogenated alkanes) is 1. The number of nitrogens with zero attached hydrogens (tertiary/aromatic N) is 4. The molecule has 2 heterocycles. The van der Waals surface area contributed by atoms with Crippen LogP contribution >= 0.6 is 22.9 Å². The monoisotopic (exact) mass is 404 g/mol. The zero-order valence-electron chi connectivity index (χ0n) is 14.9. The molecule has 0 fully saturated rings. The van der Waals surface area contributed by atoms with Gasteiger partial charge in [0.15, 0.2) is 0 Å². The highest BCUT2D eigenvalue weighted by molar-refractivity contribution is 7.18. The maximum absolute atomic E-state index is 14.1. The van der Waals surface area contributed by atoms with Crippen molar-refractivity contribution in [3.63, 3.8) is 0 Å². The molecule has 8 heteroatoms. The maximum Gasteiger partial charge on any atom is 0.263 e. The Hall–Kier alpha value is -2.38. The standard InChI is InChI=1S/C19H18ClFN4OS/c1-3-4-9-25(18(26)14-7-5-6-8-15(14)21)19-24-23-17(27-19)13-10-12(2)22-16(20)11-13/h5-8,10-11H,3-4,9H2,1-2H3. The molecule has 0 bridgehead atoms. The van der Waals surface area contributed by atoms with Crippen LogP contribution in [0.2, 0.25) is 5.15 Å². The third-order valence-electron chi connectivity index (χ3n) is 3.90. The zero-order valence-corrected chi connectivity index (χ0v) is 16.5. The molecule has 0 saturated carbocycles. The van der Waals surface area contributed by atoms with Gasteiger partial charge in [-0.1, -0.05) is 48.4 Å². The molecule has 0 aliphatic carbocycles. The molecule has 2 aromatic heterocycles. The Labute approximate surface area is 165 Å². The molecular weight excluding hydrogens is 387 g/mol. The summed E-state index contributed by atoms with van der Waals surface area (Å²) >= 11 is 7.29. The van der Waals surface area contributed by atoms with Crippen molar-refractivity contribution in [1.82, 2.24) is 15.2 Å². The Morgan fingerprint density at radius 2 is 2.04 bits per heavy atom. The third kappa shape index (κ3) is 4.48. The Bertz CT molecular complexity index is 942. The number of halogens is 2. The molecule has 0 aliphatic rings. The second kappa shape index (κ2) is 8.54. The van der Waals surface area contributed by atoms with Crippen molar-refractivity contribution < 1.29 is 9.18 Å². The summed E-state index contributed by atoms with van der Waals surface area (Å²) in [7, 11) is 0. The van der Waals surface area contributed by atoms with Crippen LogP contribution in [0.3, 0.4) is 0 Å². The van der Waals surface area contributed by atoms with Crippen molar-refractivity contribution in [2.75, 3.05) is 11.4 Å². The molecule has 0 N–H and O–H groups in total. The molecule has 1 aromatic carbocycles. The summed E-state index contributed by atoms with van der Waals surface area (Å²) < 4.78 is 14.1. The minimum absolute atomic E-state index is 0.0214. The predicted octanol–water partition coefficient (Wildman–Crippen LogP) is 5.15. The minimum Gasteiger partial charge on any atom is -0.282 e. The van der Waals surface area contributed by atoms with Gasteiger partial charge in [0.1, 0.15) is 16.0 Å². The summed E-state index contributed by atoms with van der Waals surface area (Å²) in [4.78, 5) is 18.5. The van der Waals surface area contributed by atoms with E-state index in [2.05, 4.69) is 15.2 Å². The average molecular weight is 405 g/mol. The fourth-order valence-corrected chi connectivity index (χ4v) is 3.68. The number of rotatable bonds is 6. The quantitative estimate of drug-likeness (QED) is 0.533. The highest BCUT2D eigenvalue weighted by Crippen LogP contribution is 2.31. The second-order valence-corrected chi connectivity index (χ2v) is 7.34. The van der Waals surface area contributed by atoms with E-state index in [1.807, 2.05) is 19.9 Å². The number of carbonyl (C=O) groups excluding carboxylic acids is 1. The molecule has 0 aliphatic heterocycles. The van der Waals surface area contributed by atoms with Crippen molar-refractivity contribution in [3.8, 4) is 10.6 Å². The van der Waals surface area contributed by atoms with Crippen LogP contribution in [0.1, 0.15) is 35.8 Å². The van der Waals surface area contributed by atoms with Gasteiger partial charge in [0.05, 0.1) is 5.56 Å². The lowest BCUT2D eigenvalue weighted by atomic mass is 10.2. The number of benzene rings is 1. The molecule has 27 heavy (non-hydrogen) atoms. The highest BCUT2D eigenvalue weighted by Gasteiger charge is 2.23. The van der Waals surface area contributed by atoms with E-state index in [1.165, 1.54) is 28.4 Å². The van der Waals surface area contributed by atoms with Crippen LogP contribution in [0, 0.1) is 12.7 Å². The minimum atomic E-state index is -0.551. The molecule has 0 radical (unpaired) electrons. The maximum atomic E-state index is 14.1. The van der Waals surface area contributed by atoms with Crippen LogP contribution in [-0.4, -0.2) is 27.6 Å². The lowest BCUT2D eigenvalue weighted by Gasteiger charge is -2.19. The first-order valence-electron chi connectivity index (χ1n) is 8.54. The summed E-state index contributed by atoms with van der Waals surface area (Å²) in [5.41, 5.74) is 1.57. The van der Waals surface area contributed by atoms with Crippen molar-refractivity contribution in [3.05, 3.63) is 58.6 Å². The molecule has 140 valence electrons. The van der Waals surface area contributed by atoms with Crippen molar-refractivity contribution in [1.29, 1.82) is 0 Å². The topological polar surface area (TPSA) is 59.0 Å². The average Bonchev–Trinajstić information content (AvgIpc) is 3.11. The van der Waals surface area contributed by atoms with Crippen LogP contribution in [0.15, 0.2) is 36.4 Å². The lowest BCUT2D eigenvalue weighted by Crippen LogP contribution is -2.32. The molecule has 1 amide bonds. The fourth-order valence-electron chi connectivity index (χ4n) is 2.57. The first-order valence-corrected chi connectivity index (χ1v) is 9.73. The van der Waals surface area contributed by atoms with Crippen LogP contribution in [0.4, 0.5) is 9.52 Å². The van der Waals surface area contributed by atoms with Crippen molar-refractivity contribution >= 4 is 34.0 Å². The number of hydrogen-bond donors (Lipinski definition) is 0. The molecule has 3 rings (SSSR count). The SMILES string of the molecule is CCCCN(C(=O)c1ccccc1F)c1nnc(-c2cc(C)nc(Cl)c2)s1. The molecule has 0 atom stereocenters. The number of anilines is 1. The second-order valence-electron chi connectivity index (χ2n) is 6.00. The van der Waals surface area contributed by atoms with Gasteiger partial charge in [-0.05, 0) is 37.6 Å². The number of aromatic nitrogens is 3. The molecule has 5 nitrogen and oxygen atoms in total. The Kier molecular flexibility index (Phi) is 6.13. The molecule has 0 spiro atoms. The van der Waals surface area contributed by atoms with Gasteiger partial charge < -0.3 is 0 Å². The van der Waals surface area contributed by atoms with E-state index in [4.69, 9.17) is 11.6 Å². The van der Waals surface area contributed by atoms with Crippen LogP contribution in [0.5, 0.6) is 0 Å². The lowest BCUT2D eigenvalue weighted by molar-refractivity contribution is 0.0982. The van der Waals surface area contributed by atoms with Gasteiger partial charge in [0.25, 0.3) is 5.91 Å². The Morgan fingerprint density at radius 3 is 2.74 bits per heavy atom. The number of amides is 1. The first kappa shape index (κ1) is 19.4. The van der Waals surface area contributed by atoms with E-state index < -0.39 is 11.7 Å². The van der Waals surface area contributed by atoms with E-state index >= 15 is 0 Å². The largest absolute Gasteiger partial charge is 0.282 e. The summed E-state index contributed by atoms with van der Waals surface area (Å²) in [6, 6.07) is 9.50. The summed E-state index contributed by atoms with van der Waals surface area (Å²) in [5.74, 6) is -0.974. The van der Waals surface area contributed by atoms with Gasteiger partial charge in [0.2, 0.25) is 5.13 Å². The summed E-state index contributed by atoms with van der Waals surface area (Å²) in [6.45, 7) is 4.31. The molecule has 0 unspecified atom stereocenters. The van der Waals surface area contributed by atoms with E-state index in [-0.39, 0.29) is 5.56 Å². The number of hydrogen-bond acceptors (Lipinski definition) is 5. The van der Waals surface area contributed by atoms with E-state index in [0.29, 0.717) is 21.8 Å². The number of pyridine rings is 1. The number of aryl methyl sites for hydroxylation is 1. The highest BCUT2D eigenvalue weighted by atomic mass is 35.5. The fraction of sp³-hybridized carbons (Fsp3) is 0.263. The summed E-state index contributed by atoms with van der Waals surface area (Å²) in [5, 5.41) is 9.78. The van der Waals surface area contributed by atoms with Gasteiger partial charge in [-0.2, -0.15) is 0 Å². The number of carbonyl (C=O) groups is 1. The van der Waals surface area contributed by atoms with Crippen molar-refractivity contribution in [2.45, 2.75) is 26.7 Å².